The average Bonchev–Trinajstić information content (AvgIpc) is 3.01. The number of nitrogens with one attached hydrogen (secondary N) is 1. The third-order valence-corrected chi connectivity index (χ3v) is 5.68. The van der Waals surface area contributed by atoms with Gasteiger partial charge in [0.15, 0.2) is 5.79 Å². The molecule has 3 saturated heterocycles. The van der Waals surface area contributed by atoms with E-state index in [4.69, 9.17) is 14.2 Å². The molecule has 0 bridgehead atoms. The Hall–Kier alpha value is -0.850. The molecule has 0 aromatic heterocycles. The van der Waals surface area contributed by atoms with Gasteiger partial charge in [-0.3, -0.25) is 0 Å². The number of rotatable bonds is 2. The third-order valence-electron chi connectivity index (χ3n) is 5.68. The standard InChI is InChI=1S/C18H32N2O4/c1-16(2)11-14(17(3,4)24-16)19-15(21)20-8-6-7-13(12-20)18(5)22-9-10-23-18/h13-14H,6-12H2,1-5H3,(H,19,21)/t13-,14+/m0/s1. The maximum Gasteiger partial charge on any atom is 0.317 e. The van der Waals surface area contributed by atoms with Gasteiger partial charge in [0.2, 0.25) is 0 Å². The summed E-state index contributed by atoms with van der Waals surface area (Å²) in [5, 5.41) is 3.20. The van der Waals surface area contributed by atoms with Gasteiger partial charge in [0.25, 0.3) is 0 Å². The molecular formula is C18H32N2O4. The van der Waals surface area contributed by atoms with Crippen molar-refractivity contribution in [3.8, 4) is 0 Å². The van der Waals surface area contributed by atoms with Crippen molar-refractivity contribution >= 4 is 6.03 Å². The largest absolute Gasteiger partial charge is 0.367 e. The van der Waals surface area contributed by atoms with E-state index < -0.39 is 5.79 Å². The van der Waals surface area contributed by atoms with E-state index >= 15 is 0 Å². The fraction of sp³-hybridized carbons (Fsp3) is 0.944. The van der Waals surface area contributed by atoms with Crippen LogP contribution in [0.15, 0.2) is 0 Å². The number of hydrogen-bond acceptors (Lipinski definition) is 4. The summed E-state index contributed by atoms with van der Waals surface area (Å²) in [6.07, 6.45) is 2.84. The summed E-state index contributed by atoms with van der Waals surface area (Å²) in [5.74, 6) is -0.319. The van der Waals surface area contributed by atoms with Gasteiger partial charge in [-0.1, -0.05) is 0 Å². The lowest BCUT2D eigenvalue weighted by atomic mass is 9.90. The topological polar surface area (TPSA) is 60.0 Å². The van der Waals surface area contributed by atoms with Crippen LogP contribution in [0, 0.1) is 5.92 Å². The summed E-state index contributed by atoms with van der Waals surface area (Å²) in [6.45, 7) is 13.0. The van der Waals surface area contributed by atoms with E-state index in [2.05, 4.69) is 19.2 Å². The molecule has 0 radical (unpaired) electrons. The average molecular weight is 340 g/mol. The zero-order valence-corrected chi connectivity index (χ0v) is 15.7. The number of carbonyl (C=O) groups is 1. The van der Waals surface area contributed by atoms with Crippen molar-refractivity contribution in [3.63, 3.8) is 0 Å². The number of likely N-dealkylation sites (tertiary alicyclic amines) is 1. The Bertz CT molecular complexity index is 485. The van der Waals surface area contributed by atoms with E-state index in [-0.39, 0.29) is 29.2 Å². The van der Waals surface area contributed by atoms with E-state index in [1.165, 1.54) is 0 Å². The van der Waals surface area contributed by atoms with Gasteiger partial charge in [0.05, 0.1) is 30.5 Å². The number of hydrogen-bond donors (Lipinski definition) is 1. The molecule has 0 aromatic carbocycles. The van der Waals surface area contributed by atoms with Crippen LogP contribution >= 0.6 is 0 Å². The fourth-order valence-corrected chi connectivity index (χ4v) is 4.38. The summed E-state index contributed by atoms with van der Waals surface area (Å²) < 4.78 is 17.7. The fourth-order valence-electron chi connectivity index (χ4n) is 4.38. The van der Waals surface area contributed by atoms with E-state index in [9.17, 15) is 4.79 Å². The minimum Gasteiger partial charge on any atom is -0.367 e. The normalized spacial score (nSPS) is 34.3. The van der Waals surface area contributed by atoms with Crippen LogP contribution < -0.4 is 5.32 Å². The Morgan fingerprint density at radius 2 is 1.79 bits per heavy atom. The van der Waals surface area contributed by atoms with Gasteiger partial charge >= 0.3 is 6.03 Å². The molecule has 2 amide bonds. The number of carbonyl (C=O) groups excluding carboxylic acids is 1. The zero-order valence-electron chi connectivity index (χ0n) is 15.7. The lowest BCUT2D eigenvalue weighted by Gasteiger charge is -2.40. The van der Waals surface area contributed by atoms with Crippen molar-refractivity contribution < 1.29 is 19.0 Å². The monoisotopic (exact) mass is 340 g/mol. The molecule has 0 unspecified atom stereocenters. The smallest absolute Gasteiger partial charge is 0.317 e. The van der Waals surface area contributed by atoms with Crippen molar-refractivity contribution in [2.75, 3.05) is 26.3 Å². The Kier molecular flexibility index (Phi) is 4.60. The zero-order chi connectivity index (χ0) is 17.6. The van der Waals surface area contributed by atoms with Gasteiger partial charge in [0, 0.05) is 19.0 Å². The number of ether oxygens (including phenoxy) is 3. The number of amides is 2. The summed E-state index contributed by atoms with van der Waals surface area (Å²) in [4.78, 5) is 14.7. The molecule has 3 heterocycles. The molecule has 3 fully saturated rings. The summed E-state index contributed by atoms with van der Waals surface area (Å²) >= 11 is 0. The highest BCUT2D eigenvalue weighted by atomic mass is 16.7. The van der Waals surface area contributed by atoms with Crippen LogP contribution in [0.2, 0.25) is 0 Å². The van der Waals surface area contributed by atoms with E-state index in [1.54, 1.807) is 0 Å². The second kappa shape index (κ2) is 6.15. The SMILES string of the molecule is CC1(C)C[C@@H](NC(=O)N2CCC[C@H](C3(C)OCCO3)C2)C(C)(C)O1. The molecule has 6 heteroatoms. The molecular weight excluding hydrogens is 308 g/mol. The highest BCUT2D eigenvalue weighted by Crippen LogP contribution is 2.38. The van der Waals surface area contributed by atoms with Gasteiger partial charge in [-0.15, -0.1) is 0 Å². The molecule has 1 N–H and O–H groups in total. The van der Waals surface area contributed by atoms with Crippen LogP contribution in [0.4, 0.5) is 4.79 Å². The first-order valence-electron chi connectivity index (χ1n) is 9.15. The predicted octanol–water partition coefficient (Wildman–Crippen LogP) is 2.52. The van der Waals surface area contributed by atoms with Crippen molar-refractivity contribution in [2.24, 2.45) is 5.92 Å². The molecule has 3 aliphatic rings. The van der Waals surface area contributed by atoms with Crippen LogP contribution in [-0.4, -0.2) is 60.3 Å². The molecule has 3 rings (SSSR count). The maximum atomic E-state index is 12.8. The highest BCUT2D eigenvalue weighted by molar-refractivity contribution is 5.75. The van der Waals surface area contributed by atoms with Crippen LogP contribution in [0.5, 0.6) is 0 Å². The van der Waals surface area contributed by atoms with Gasteiger partial charge in [0.1, 0.15) is 0 Å². The van der Waals surface area contributed by atoms with Gasteiger partial charge in [-0.05, 0) is 53.9 Å². The Balaban J connectivity index is 1.61. The van der Waals surface area contributed by atoms with Gasteiger partial charge in [-0.25, -0.2) is 4.79 Å². The number of piperidine rings is 1. The second-order valence-corrected chi connectivity index (χ2v) is 8.67. The highest BCUT2D eigenvalue weighted by Gasteiger charge is 2.47. The van der Waals surface area contributed by atoms with Crippen LogP contribution in [0.25, 0.3) is 0 Å². The first-order valence-corrected chi connectivity index (χ1v) is 9.15. The Labute approximate surface area is 145 Å². The quantitative estimate of drug-likeness (QED) is 0.839. The minimum absolute atomic E-state index is 0.000622. The Morgan fingerprint density at radius 3 is 2.38 bits per heavy atom. The maximum absolute atomic E-state index is 12.8. The summed E-state index contributed by atoms with van der Waals surface area (Å²) in [7, 11) is 0. The second-order valence-electron chi connectivity index (χ2n) is 8.67. The van der Waals surface area contributed by atoms with Crippen molar-refractivity contribution in [2.45, 2.75) is 76.9 Å². The molecule has 2 atom stereocenters. The molecule has 138 valence electrons. The number of urea groups is 1. The van der Waals surface area contributed by atoms with Crippen LogP contribution in [-0.2, 0) is 14.2 Å². The Morgan fingerprint density at radius 1 is 1.12 bits per heavy atom. The molecule has 0 aromatic rings. The minimum atomic E-state index is -0.545. The molecule has 0 aliphatic carbocycles. The van der Waals surface area contributed by atoms with Crippen LogP contribution in [0.3, 0.4) is 0 Å². The van der Waals surface area contributed by atoms with Gasteiger partial charge < -0.3 is 24.4 Å². The van der Waals surface area contributed by atoms with Crippen molar-refractivity contribution in [1.29, 1.82) is 0 Å². The van der Waals surface area contributed by atoms with Crippen LogP contribution in [0.1, 0.15) is 53.9 Å². The van der Waals surface area contributed by atoms with E-state index in [0.29, 0.717) is 19.8 Å². The first kappa shape index (κ1) is 18.0. The molecule has 3 aliphatic heterocycles. The summed E-state index contributed by atoms with van der Waals surface area (Å²) in [6, 6.07) is 0.0237. The van der Waals surface area contributed by atoms with Crippen molar-refractivity contribution in [1.82, 2.24) is 10.2 Å². The number of nitrogens with zero attached hydrogens (tertiary/aromatic N) is 1. The molecule has 24 heavy (non-hydrogen) atoms. The molecule has 6 nitrogen and oxygen atoms in total. The van der Waals surface area contributed by atoms with Crippen molar-refractivity contribution in [3.05, 3.63) is 0 Å². The lowest BCUT2D eigenvalue weighted by Crippen LogP contribution is -2.55. The van der Waals surface area contributed by atoms with E-state index in [1.807, 2.05) is 25.7 Å². The summed E-state index contributed by atoms with van der Waals surface area (Å²) in [5.41, 5.74) is -0.553. The van der Waals surface area contributed by atoms with E-state index in [0.717, 1.165) is 25.8 Å². The predicted molar refractivity (Wildman–Crippen MR) is 90.8 cm³/mol. The first-order chi connectivity index (χ1) is 11.1. The molecule has 0 saturated carbocycles. The lowest BCUT2D eigenvalue weighted by molar-refractivity contribution is -0.189. The van der Waals surface area contributed by atoms with Gasteiger partial charge in [-0.2, -0.15) is 0 Å². The third kappa shape index (κ3) is 3.55. The molecule has 0 spiro atoms.